The first-order chi connectivity index (χ1) is 11.1. The van der Waals surface area contributed by atoms with E-state index in [9.17, 15) is 13.2 Å². The fourth-order valence-corrected chi connectivity index (χ4v) is 4.98. The molecule has 25 heavy (non-hydrogen) atoms. The van der Waals surface area contributed by atoms with Gasteiger partial charge in [0.1, 0.15) is 9.75 Å². The van der Waals surface area contributed by atoms with Gasteiger partial charge < -0.3 is 15.8 Å². The van der Waals surface area contributed by atoms with E-state index in [-0.39, 0.29) is 35.2 Å². The van der Waals surface area contributed by atoms with E-state index in [1.165, 1.54) is 13.1 Å². The third-order valence-electron chi connectivity index (χ3n) is 4.83. The lowest BCUT2D eigenvalue weighted by Crippen LogP contribution is -2.75. The summed E-state index contributed by atoms with van der Waals surface area (Å²) in [6.45, 7) is 6.61. The van der Waals surface area contributed by atoms with Crippen LogP contribution in [-0.4, -0.2) is 39.6 Å². The molecular formula is C15H26ClN3O4S2. The molecule has 0 radical (unpaired) electrons. The van der Waals surface area contributed by atoms with Crippen molar-refractivity contribution in [1.29, 1.82) is 0 Å². The molecule has 1 amide bonds. The van der Waals surface area contributed by atoms with Gasteiger partial charge in [-0.25, -0.2) is 13.1 Å². The molecule has 1 fully saturated rings. The summed E-state index contributed by atoms with van der Waals surface area (Å²) in [6, 6.07) is 3.21. The molecule has 0 saturated heterocycles. The number of ether oxygens (including phenoxy) is 1. The largest absolute Gasteiger partial charge is 0.378 e. The van der Waals surface area contributed by atoms with Gasteiger partial charge in [-0.2, -0.15) is 0 Å². The highest BCUT2D eigenvalue weighted by molar-refractivity contribution is 7.91. The minimum absolute atomic E-state index is 0. The average molecular weight is 412 g/mol. The van der Waals surface area contributed by atoms with Crippen LogP contribution in [0.4, 0.5) is 0 Å². The first kappa shape index (κ1) is 22.3. The summed E-state index contributed by atoms with van der Waals surface area (Å²) in [4.78, 5) is 13.3. The predicted molar refractivity (Wildman–Crippen MR) is 100 cm³/mol. The van der Waals surface area contributed by atoms with E-state index >= 15 is 0 Å². The molecule has 0 bridgehead atoms. The highest BCUT2D eigenvalue weighted by Crippen LogP contribution is 2.49. The summed E-state index contributed by atoms with van der Waals surface area (Å²) in [5, 5.41) is 2.82. The number of thiophene rings is 1. The summed E-state index contributed by atoms with van der Waals surface area (Å²) in [7, 11) is -2.09. The van der Waals surface area contributed by atoms with Crippen molar-refractivity contribution in [2.24, 2.45) is 11.1 Å². The van der Waals surface area contributed by atoms with Crippen molar-refractivity contribution in [1.82, 2.24) is 10.0 Å². The van der Waals surface area contributed by atoms with Crippen LogP contribution in [0.5, 0.6) is 0 Å². The third kappa shape index (κ3) is 4.01. The van der Waals surface area contributed by atoms with E-state index in [1.807, 2.05) is 20.8 Å². The second-order valence-corrected chi connectivity index (χ2v) is 9.73. The molecule has 2 unspecified atom stereocenters. The number of nitrogens with two attached hydrogens (primary N) is 1. The number of hydrogen-bond donors (Lipinski definition) is 3. The molecule has 1 aromatic rings. The molecule has 2 rings (SSSR count). The van der Waals surface area contributed by atoms with Crippen molar-refractivity contribution >= 4 is 39.7 Å². The van der Waals surface area contributed by atoms with Gasteiger partial charge in [-0.15, -0.1) is 23.7 Å². The van der Waals surface area contributed by atoms with Crippen molar-refractivity contribution in [3.05, 3.63) is 17.0 Å². The fraction of sp³-hybridized carbons (Fsp3) is 0.667. The first-order valence-electron chi connectivity index (χ1n) is 7.79. The minimum atomic E-state index is -3.46. The Morgan fingerprint density at radius 2 is 2.08 bits per heavy atom. The topological polar surface area (TPSA) is 111 Å². The van der Waals surface area contributed by atoms with Crippen LogP contribution >= 0.6 is 23.7 Å². The number of sulfonamides is 1. The maximum absolute atomic E-state index is 12.5. The molecule has 144 valence electrons. The Balaban J connectivity index is 0.00000312. The Kier molecular flexibility index (Phi) is 7.05. The second kappa shape index (κ2) is 7.89. The van der Waals surface area contributed by atoms with Crippen molar-refractivity contribution in [2.45, 2.75) is 49.6 Å². The van der Waals surface area contributed by atoms with Crippen molar-refractivity contribution < 1.29 is 17.9 Å². The molecule has 1 aliphatic carbocycles. The van der Waals surface area contributed by atoms with E-state index in [0.29, 0.717) is 13.0 Å². The van der Waals surface area contributed by atoms with E-state index in [2.05, 4.69) is 10.0 Å². The van der Waals surface area contributed by atoms with Crippen LogP contribution in [-0.2, 0) is 26.1 Å². The lowest BCUT2D eigenvalue weighted by molar-refractivity contribution is -0.170. The third-order valence-corrected chi connectivity index (χ3v) is 7.82. The lowest BCUT2D eigenvalue weighted by Gasteiger charge is -2.57. The van der Waals surface area contributed by atoms with Gasteiger partial charge in [0.2, 0.25) is 15.9 Å². The normalized spacial score (nSPS) is 24.9. The Morgan fingerprint density at radius 3 is 2.60 bits per heavy atom. The van der Waals surface area contributed by atoms with E-state index < -0.39 is 21.0 Å². The maximum atomic E-state index is 12.5. The molecule has 0 aromatic carbocycles. The molecule has 7 nitrogen and oxygen atoms in total. The molecule has 0 aliphatic heterocycles. The number of hydrogen-bond acceptors (Lipinski definition) is 6. The van der Waals surface area contributed by atoms with Gasteiger partial charge in [0.25, 0.3) is 0 Å². The standard InChI is InChI=1S/C15H25N3O4S2.ClH/c1-5-22-11-8-15(16,14(11,2)3)13(19)18-9-10-6-7-12(23-10)24(20,21)17-4;/h6-7,11,17H,5,8-9,16H2,1-4H3,(H,18,19);1H. The Morgan fingerprint density at radius 1 is 1.44 bits per heavy atom. The number of amides is 1. The number of carbonyl (C=O) groups excluding carboxylic acids is 1. The summed E-state index contributed by atoms with van der Waals surface area (Å²) in [5.74, 6) is -0.241. The Labute approximate surface area is 159 Å². The molecule has 1 aromatic heterocycles. The zero-order valence-corrected chi connectivity index (χ0v) is 17.2. The van der Waals surface area contributed by atoms with Gasteiger partial charge in [-0.05, 0) is 26.1 Å². The summed E-state index contributed by atoms with van der Waals surface area (Å²) in [5.41, 5.74) is 4.87. The molecule has 2 atom stereocenters. The molecule has 10 heteroatoms. The van der Waals surface area contributed by atoms with E-state index in [4.69, 9.17) is 10.5 Å². The monoisotopic (exact) mass is 411 g/mol. The quantitative estimate of drug-likeness (QED) is 0.624. The minimum Gasteiger partial charge on any atom is -0.378 e. The number of rotatable bonds is 7. The maximum Gasteiger partial charge on any atom is 0.249 e. The number of halogens is 1. The first-order valence-corrected chi connectivity index (χ1v) is 10.1. The van der Waals surface area contributed by atoms with Gasteiger partial charge in [0.15, 0.2) is 0 Å². The van der Waals surface area contributed by atoms with Crippen molar-refractivity contribution in [3.63, 3.8) is 0 Å². The predicted octanol–water partition coefficient (Wildman–Crippen LogP) is 1.23. The van der Waals surface area contributed by atoms with Crippen molar-refractivity contribution in [2.75, 3.05) is 13.7 Å². The molecule has 0 spiro atoms. The number of nitrogens with one attached hydrogen (secondary N) is 2. The SMILES string of the molecule is CCOC1CC(N)(C(=O)NCc2ccc(S(=O)(=O)NC)s2)C1(C)C.Cl. The summed E-state index contributed by atoms with van der Waals surface area (Å²) < 4.78 is 31.6. The van der Waals surface area contributed by atoms with Crippen LogP contribution in [0.15, 0.2) is 16.3 Å². The molecular weight excluding hydrogens is 386 g/mol. The number of carbonyl (C=O) groups is 1. The van der Waals surface area contributed by atoms with Crippen molar-refractivity contribution in [3.8, 4) is 0 Å². The van der Waals surface area contributed by atoms with Gasteiger partial charge in [0, 0.05) is 23.3 Å². The van der Waals surface area contributed by atoms with Crippen LogP contribution in [0.1, 0.15) is 32.1 Å². The van der Waals surface area contributed by atoms with Crippen LogP contribution in [0, 0.1) is 5.41 Å². The zero-order chi connectivity index (χ0) is 18.2. The van der Waals surface area contributed by atoms with Gasteiger partial charge in [-0.3, -0.25) is 4.79 Å². The van der Waals surface area contributed by atoms with Crippen LogP contribution in [0.3, 0.4) is 0 Å². The molecule has 4 N–H and O–H groups in total. The highest BCUT2D eigenvalue weighted by atomic mass is 35.5. The van der Waals surface area contributed by atoms with Gasteiger partial charge in [0.05, 0.1) is 12.6 Å². The smallest absolute Gasteiger partial charge is 0.249 e. The van der Waals surface area contributed by atoms with Gasteiger partial charge in [-0.1, -0.05) is 13.8 Å². The molecule has 1 aliphatic rings. The zero-order valence-electron chi connectivity index (χ0n) is 14.8. The van der Waals surface area contributed by atoms with Crippen LogP contribution < -0.4 is 15.8 Å². The fourth-order valence-electron chi connectivity index (χ4n) is 2.84. The second-order valence-electron chi connectivity index (χ2n) is 6.45. The molecule has 1 heterocycles. The Bertz CT molecular complexity index is 720. The summed E-state index contributed by atoms with van der Waals surface area (Å²) in [6.07, 6.45) is 0.441. The van der Waals surface area contributed by atoms with E-state index in [0.717, 1.165) is 16.2 Å². The highest BCUT2D eigenvalue weighted by Gasteiger charge is 2.62. The molecule has 1 saturated carbocycles. The van der Waals surface area contributed by atoms with Gasteiger partial charge >= 0.3 is 0 Å². The Hall–Kier alpha value is -0.710. The van der Waals surface area contributed by atoms with Crippen LogP contribution in [0.25, 0.3) is 0 Å². The van der Waals surface area contributed by atoms with E-state index in [1.54, 1.807) is 6.07 Å². The average Bonchev–Trinajstić information content (AvgIpc) is 3.01. The summed E-state index contributed by atoms with van der Waals surface area (Å²) >= 11 is 1.12. The van der Waals surface area contributed by atoms with Crippen LogP contribution in [0.2, 0.25) is 0 Å². The lowest BCUT2D eigenvalue weighted by atomic mass is 9.54.